The highest BCUT2D eigenvalue weighted by Gasteiger charge is 2.23. The molecule has 0 aliphatic heterocycles. The molecule has 1 rings (SSSR count). The molecule has 5 heteroatoms. The minimum Gasteiger partial charge on any atom is -0.394 e. The van der Waals surface area contributed by atoms with E-state index in [9.17, 15) is 4.79 Å². The van der Waals surface area contributed by atoms with E-state index in [1.165, 1.54) is 12.8 Å². The summed E-state index contributed by atoms with van der Waals surface area (Å²) in [4.78, 5) is 11.8. The van der Waals surface area contributed by atoms with Gasteiger partial charge in [0, 0.05) is 11.3 Å². The van der Waals surface area contributed by atoms with Crippen molar-refractivity contribution in [2.75, 3.05) is 12.4 Å². The highest BCUT2D eigenvalue weighted by molar-refractivity contribution is 7.99. The third-order valence-corrected chi connectivity index (χ3v) is 4.64. The highest BCUT2D eigenvalue weighted by Crippen LogP contribution is 2.28. The number of thioether (sulfide) groups is 1. The van der Waals surface area contributed by atoms with E-state index in [2.05, 4.69) is 17.6 Å². The maximum Gasteiger partial charge on any atom is 0.315 e. The first kappa shape index (κ1) is 15.6. The van der Waals surface area contributed by atoms with E-state index in [-0.39, 0.29) is 18.7 Å². The Morgan fingerprint density at radius 1 is 1.44 bits per heavy atom. The Labute approximate surface area is 114 Å². The van der Waals surface area contributed by atoms with Crippen LogP contribution in [-0.4, -0.2) is 40.8 Å². The summed E-state index contributed by atoms with van der Waals surface area (Å²) in [5, 5.41) is 15.6. The van der Waals surface area contributed by atoms with E-state index < -0.39 is 0 Å². The Morgan fingerprint density at radius 2 is 2.22 bits per heavy atom. The van der Waals surface area contributed by atoms with Gasteiger partial charge in [-0.2, -0.15) is 11.8 Å². The smallest absolute Gasteiger partial charge is 0.315 e. The van der Waals surface area contributed by atoms with E-state index in [1.807, 2.05) is 18.7 Å². The molecule has 0 bridgehead atoms. The van der Waals surface area contributed by atoms with Crippen LogP contribution in [0.15, 0.2) is 0 Å². The summed E-state index contributed by atoms with van der Waals surface area (Å²) in [5.74, 6) is 1.14. The highest BCUT2D eigenvalue weighted by atomic mass is 32.2. The van der Waals surface area contributed by atoms with Gasteiger partial charge in [0.25, 0.3) is 0 Å². The lowest BCUT2D eigenvalue weighted by Gasteiger charge is -2.29. The molecule has 4 nitrogen and oxygen atoms in total. The summed E-state index contributed by atoms with van der Waals surface area (Å²) < 4.78 is 0. The van der Waals surface area contributed by atoms with E-state index in [0.717, 1.165) is 25.0 Å². The first-order valence-corrected chi connectivity index (χ1v) is 8.03. The molecule has 0 spiro atoms. The minimum absolute atomic E-state index is 0.00288. The van der Waals surface area contributed by atoms with Crippen molar-refractivity contribution < 1.29 is 9.90 Å². The lowest BCUT2D eigenvalue weighted by molar-refractivity contribution is 0.209. The predicted molar refractivity (Wildman–Crippen MR) is 77.0 cm³/mol. The third-order valence-electron chi connectivity index (χ3n) is 3.41. The number of carbonyl (C=O) groups excluding carboxylic acids is 1. The molecule has 0 aromatic rings. The van der Waals surface area contributed by atoms with Crippen LogP contribution in [0.3, 0.4) is 0 Å². The van der Waals surface area contributed by atoms with Crippen LogP contribution in [0.25, 0.3) is 0 Å². The Kier molecular flexibility index (Phi) is 7.51. The summed E-state index contributed by atoms with van der Waals surface area (Å²) in [7, 11) is 0. The molecule has 1 aliphatic carbocycles. The number of hydrogen-bond acceptors (Lipinski definition) is 3. The summed E-state index contributed by atoms with van der Waals surface area (Å²) in [6.45, 7) is 4.14. The average molecular weight is 274 g/mol. The fraction of sp³-hybridized carbons (Fsp3) is 0.923. The van der Waals surface area contributed by atoms with E-state index in [0.29, 0.717) is 11.3 Å². The van der Waals surface area contributed by atoms with Crippen LogP contribution in [0, 0.1) is 0 Å². The second-order valence-electron chi connectivity index (χ2n) is 4.85. The summed E-state index contributed by atoms with van der Waals surface area (Å²) in [5.41, 5.74) is 0. The quantitative estimate of drug-likeness (QED) is 0.695. The molecule has 1 saturated carbocycles. The second kappa shape index (κ2) is 8.64. The van der Waals surface area contributed by atoms with Crippen molar-refractivity contribution in [3.05, 3.63) is 0 Å². The van der Waals surface area contributed by atoms with Crippen LogP contribution in [-0.2, 0) is 0 Å². The van der Waals surface area contributed by atoms with Gasteiger partial charge in [0.2, 0.25) is 0 Å². The molecule has 106 valence electrons. The molecule has 0 aromatic carbocycles. The van der Waals surface area contributed by atoms with Gasteiger partial charge < -0.3 is 15.7 Å². The zero-order valence-electron chi connectivity index (χ0n) is 11.4. The van der Waals surface area contributed by atoms with Crippen LogP contribution in [0.4, 0.5) is 4.79 Å². The normalized spacial score (nSPS) is 25.5. The maximum atomic E-state index is 11.8. The van der Waals surface area contributed by atoms with Crippen LogP contribution in [0.1, 0.15) is 46.0 Å². The molecular formula is C13H26N2O2S. The Hall–Kier alpha value is -0.420. The largest absolute Gasteiger partial charge is 0.394 e. The number of amides is 2. The molecule has 0 saturated heterocycles. The number of hydrogen-bond donors (Lipinski definition) is 3. The molecule has 1 aliphatic rings. The van der Waals surface area contributed by atoms with E-state index in [1.54, 1.807) is 0 Å². The monoisotopic (exact) mass is 274 g/mol. The Balaban J connectivity index is 2.30. The predicted octanol–water partition coefficient (Wildman–Crippen LogP) is 2.12. The first-order valence-electron chi connectivity index (χ1n) is 6.99. The number of aliphatic hydroxyl groups is 1. The topological polar surface area (TPSA) is 61.4 Å². The molecule has 3 N–H and O–H groups in total. The van der Waals surface area contributed by atoms with Gasteiger partial charge in [0.05, 0.1) is 12.6 Å². The van der Waals surface area contributed by atoms with Crippen LogP contribution < -0.4 is 10.6 Å². The van der Waals surface area contributed by atoms with Gasteiger partial charge in [0.15, 0.2) is 0 Å². The average Bonchev–Trinajstić information content (AvgIpc) is 2.36. The molecule has 0 heterocycles. The van der Waals surface area contributed by atoms with Gasteiger partial charge in [-0.05, 0) is 31.4 Å². The first-order chi connectivity index (χ1) is 8.69. The number of rotatable bonds is 6. The number of carbonyl (C=O) groups is 1. The van der Waals surface area contributed by atoms with Gasteiger partial charge in [-0.1, -0.05) is 20.3 Å². The summed E-state index contributed by atoms with van der Waals surface area (Å²) in [6.07, 6.45) is 5.36. The van der Waals surface area contributed by atoms with Crippen LogP contribution in [0.5, 0.6) is 0 Å². The molecule has 2 amide bonds. The van der Waals surface area contributed by atoms with Crippen molar-refractivity contribution >= 4 is 17.8 Å². The molecule has 3 atom stereocenters. The maximum absolute atomic E-state index is 11.8. The fourth-order valence-corrected chi connectivity index (χ4v) is 3.53. The molecular weight excluding hydrogens is 248 g/mol. The Bertz CT molecular complexity index is 245. The van der Waals surface area contributed by atoms with Crippen molar-refractivity contribution in [1.29, 1.82) is 0 Å². The Morgan fingerprint density at radius 3 is 2.83 bits per heavy atom. The molecule has 18 heavy (non-hydrogen) atoms. The van der Waals surface area contributed by atoms with Crippen molar-refractivity contribution in [2.45, 2.75) is 63.3 Å². The lowest BCUT2D eigenvalue weighted by atomic mass is 9.95. The van der Waals surface area contributed by atoms with Gasteiger partial charge >= 0.3 is 6.03 Å². The lowest BCUT2D eigenvalue weighted by Crippen LogP contribution is -2.48. The van der Waals surface area contributed by atoms with Gasteiger partial charge in [-0.25, -0.2) is 4.79 Å². The third kappa shape index (κ3) is 5.48. The molecule has 0 aromatic heterocycles. The summed E-state index contributed by atoms with van der Waals surface area (Å²) in [6, 6.07) is 0.0245. The van der Waals surface area contributed by atoms with Crippen molar-refractivity contribution in [3.63, 3.8) is 0 Å². The zero-order chi connectivity index (χ0) is 13.4. The SMILES string of the molecule is CCS[C@H]1CCC[C@H](NC(=O)N[C@H](CC)CO)C1. The molecule has 0 radical (unpaired) electrons. The number of nitrogens with one attached hydrogen (secondary N) is 2. The molecule has 0 unspecified atom stereocenters. The fourth-order valence-electron chi connectivity index (χ4n) is 2.35. The standard InChI is InChI=1S/C13H26N2O2S/c1-3-10(9-16)14-13(17)15-11-6-5-7-12(8-11)18-4-2/h10-12,16H,3-9H2,1-2H3,(H2,14,15,17)/t10-,11+,12+/m1/s1. The van der Waals surface area contributed by atoms with E-state index in [4.69, 9.17) is 5.11 Å². The van der Waals surface area contributed by atoms with Crippen molar-refractivity contribution in [1.82, 2.24) is 10.6 Å². The second-order valence-corrected chi connectivity index (χ2v) is 6.42. The molecule has 1 fully saturated rings. The van der Waals surface area contributed by atoms with Crippen LogP contribution >= 0.6 is 11.8 Å². The zero-order valence-corrected chi connectivity index (χ0v) is 12.3. The minimum atomic E-state index is -0.136. The van der Waals surface area contributed by atoms with Gasteiger partial charge in [-0.15, -0.1) is 0 Å². The van der Waals surface area contributed by atoms with Crippen molar-refractivity contribution in [2.24, 2.45) is 0 Å². The van der Waals surface area contributed by atoms with Crippen LogP contribution in [0.2, 0.25) is 0 Å². The number of urea groups is 1. The number of aliphatic hydroxyl groups excluding tert-OH is 1. The van der Waals surface area contributed by atoms with Crippen molar-refractivity contribution in [3.8, 4) is 0 Å². The van der Waals surface area contributed by atoms with Gasteiger partial charge in [0.1, 0.15) is 0 Å². The van der Waals surface area contributed by atoms with Gasteiger partial charge in [-0.3, -0.25) is 0 Å². The van der Waals surface area contributed by atoms with E-state index >= 15 is 0 Å². The summed E-state index contributed by atoms with van der Waals surface area (Å²) >= 11 is 1.99.